The van der Waals surface area contributed by atoms with Gasteiger partial charge in [-0.1, -0.05) is 116 Å². The lowest BCUT2D eigenvalue weighted by Gasteiger charge is -2.33. The van der Waals surface area contributed by atoms with Gasteiger partial charge in [-0.3, -0.25) is 0 Å². The van der Waals surface area contributed by atoms with Gasteiger partial charge in [0.05, 0.1) is 13.2 Å². The first-order valence-corrected chi connectivity index (χ1v) is 20.7. The summed E-state index contributed by atoms with van der Waals surface area (Å²) in [5.41, 5.74) is 4.29. The van der Waals surface area contributed by atoms with Crippen LogP contribution in [0.2, 0.25) is 0 Å². The quantitative estimate of drug-likeness (QED) is 0.0529. The largest absolute Gasteiger partial charge is 0.494 e. The highest BCUT2D eigenvalue weighted by Gasteiger charge is 2.30. The number of allylic oxidation sites excluding steroid dienone is 1. The summed E-state index contributed by atoms with van der Waals surface area (Å²) in [6, 6.07) is 34.3. The van der Waals surface area contributed by atoms with Crippen molar-refractivity contribution in [3.05, 3.63) is 145 Å². The standard InChI is InChI=1S/C51H68O4/c1-11-17-36-50(13-3,14-4)54-46-32-24-42(25-33-46)49(9,10)41-22-30-45(31-23-41)53-39-19-37-51(15-5,16-6)55-47-34-26-43(27-35-47)48(7,8)40-20-28-44(29-21-40)52-38-18-12-2/h11-12,20-35H,1-2,13-19,36-39H2,3-10H3. The van der Waals surface area contributed by atoms with Gasteiger partial charge in [-0.05, 0) is 129 Å². The fourth-order valence-corrected chi connectivity index (χ4v) is 7.46. The molecule has 4 aromatic carbocycles. The second-order valence-electron chi connectivity index (χ2n) is 16.0. The zero-order chi connectivity index (χ0) is 40.0. The van der Waals surface area contributed by atoms with Crippen LogP contribution in [0, 0.1) is 0 Å². The Hall–Kier alpha value is -4.44. The van der Waals surface area contributed by atoms with E-state index in [1.807, 2.05) is 12.2 Å². The van der Waals surface area contributed by atoms with Gasteiger partial charge < -0.3 is 18.9 Å². The summed E-state index contributed by atoms with van der Waals surface area (Å²) in [7, 11) is 0. The number of hydrogen-bond donors (Lipinski definition) is 0. The third kappa shape index (κ3) is 11.3. The van der Waals surface area contributed by atoms with Gasteiger partial charge >= 0.3 is 0 Å². The molecule has 0 aliphatic rings. The highest BCUT2D eigenvalue weighted by Crippen LogP contribution is 2.37. The summed E-state index contributed by atoms with van der Waals surface area (Å²) in [5.74, 6) is 3.62. The van der Waals surface area contributed by atoms with E-state index in [0.717, 1.165) is 80.8 Å². The summed E-state index contributed by atoms with van der Waals surface area (Å²) in [6.45, 7) is 26.9. The maximum atomic E-state index is 6.75. The van der Waals surface area contributed by atoms with Gasteiger partial charge in [-0.25, -0.2) is 0 Å². The van der Waals surface area contributed by atoms with E-state index in [2.05, 4.69) is 166 Å². The molecule has 0 aliphatic carbocycles. The zero-order valence-electron chi connectivity index (χ0n) is 35.2. The fraction of sp³-hybridized carbons (Fsp3) is 0.451. The lowest BCUT2D eigenvalue weighted by atomic mass is 9.78. The van der Waals surface area contributed by atoms with Gasteiger partial charge in [0.25, 0.3) is 0 Å². The topological polar surface area (TPSA) is 36.9 Å². The Kier molecular flexibility index (Phi) is 15.7. The molecule has 0 unspecified atom stereocenters. The number of benzene rings is 4. The second-order valence-corrected chi connectivity index (χ2v) is 16.0. The summed E-state index contributed by atoms with van der Waals surface area (Å²) >= 11 is 0. The van der Waals surface area contributed by atoms with Gasteiger partial charge in [0, 0.05) is 10.8 Å². The van der Waals surface area contributed by atoms with Gasteiger partial charge in [0.1, 0.15) is 34.2 Å². The van der Waals surface area contributed by atoms with Crippen LogP contribution >= 0.6 is 0 Å². The van der Waals surface area contributed by atoms with Crippen LogP contribution in [0.3, 0.4) is 0 Å². The van der Waals surface area contributed by atoms with Crippen molar-refractivity contribution >= 4 is 0 Å². The highest BCUT2D eigenvalue weighted by molar-refractivity contribution is 5.43. The normalized spacial score (nSPS) is 12.2. The van der Waals surface area contributed by atoms with E-state index in [-0.39, 0.29) is 22.0 Å². The van der Waals surface area contributed by atoms with Gasteiger partial charge in [0.2, 0.25) is 0 Å². The minimum Gasteiger partial charge on any atom is -0.494 e. The molecule has 296 valence electrons. The highest BCUT2D eigenvalue weighted by atomic mass is 16.5. The molecule has 0 aliphatic heterocycles. The van der Waals surface area contributed by atoms with Crippen LogP contribution in [0.15, 0.2) is 122 Å². The van der Waals surface area contributed by atoms with Crippen molar-refractivity contribution in [2.45, 2.75) is 135 Å². The molecule has 0 radical (unpaired) electrons. The molecule has 4 nitrogen and oxygen atoms in total. The van der Waals surface area contributed by atoms with E-state index < -0.39 is 0 Å². The molecule has 0 amide bonds. The molecule has 0 N–H and O–H groups in total. The van der Waals surface area contributed by atoms with Crippen molar-refractivity contribution in [2.24, 2.45) is 0 Å². The van der Waals surface area contributed by atoms with Crippen molar-refractivity contribution in [2.75, 3.05) is 13.2 Å². The van der Waals surface area contributed by atoms with Gasteiger partial charge in [0.15, 0.2) is 0 Å². The van der Waals surface area contributed by atoms with Crippen LogP contribution in [-0.4, -0.2) is 24.4 Å². The predicted octanol–water partition coefficient (Wildman–Crippen LogP) is 14.0. The van der Waals surface area contributed by atoms with E-state index in [1.165, 1.54) is 22.3 Å². The maximum Gasteiger partial charge on any atom is 0.120 e. The monoisotopic (exact) mass is 745 g/mol. The average Bonchev–Trinajstić information content (AvgIpc) is 3.21. The Morgan fingerprint density at radius 2 is 0.764 bits per heavy atom. The number of hydrogen-bond acceptors (Lipinski definition) is 4. The molecular formula is C51H68O4. The molecule has 0 fully saturated rings. The van der Waals surface area contributed by atoms with Crippen LogP contribution in [0.25, 0.3) is 0 Å². The Labute approximate surface area is 334 Å². The molecule has 0 heterocycles. The Bertz CT molecular complexity index is 1720. The molecule has 4 aromatic rings. The first kappa shape index (κ1) is 43.3. The summed E-state index contributed by atoms with van der Waals surface area (Å²) < 4.78 is 25.4. The maximum absolute atomic E-state index is 6.75. The molecule has 0 bridgehead atoms. The average molecular weight is 745 g/mol. The fourth-order valence-electron chi connectivity index (χ4n) is 7.46. The van der Waals surface area contributed by atoms with Crippen LogP contribution in [0.1, 0.15) is 135 Å². The van der Waals surface area contributed by atoms with Crippen molar-refractivity contribution in [1.29, 1.82) is 0 Å². The summed E-state index contributed by atoms with van der Waals surface area (Å²) in [6.07, 6.45) is 12.3. The molecule has 0 saturated carbocycles. The van der Waals surface area contributed by atoms with E-state index in [9.17, 15) is 0 Å². The van der Waals surface area contributed by atoms with Crippen LogP contribution in [0.4, 0.5) is 0 Å². The molecular weight excluding hydrogens is 677 g/mol. The smallest absolute Gasteiger partial charge is 0.120 e. The Balaban J connectivity index is 1.30. The minimum atomic E-state index is -0.240. The van der Waals surface area contributed by atoms with Crippen molar-refractivity contribution in [3.8, 4) is 23.0 Å². The third-order valence-electron chi connectivity index (χ3n) is 12.0. The Morgan fingerprint density at radius 1 is 0.436 bits per heavy atom. The van der Waals surface area contributed by atoms with E-state index in [4.69, 9.17) is 18.9 Å². The number of rotatable bonds is 24. The number of ether oxygens (including phenoxy) is 4. The molecule has 0 atom stereocenters. The van der Waals surface area contributed by atoms with Crippen LogP contribution in [-0.2, 0) is 10.8 Å². The summed E-state index contributed by atoms with van der Waals surface area (Å²) in [5, 5.41) is 0. The SMILES string of the molecule is C=CCCOc1ccc(C(C)(C)c2ccc(OC(CC)(CC)CCCOc3ccc(C(C)(C)c4ccc(OC(CC)(CC)CCC=C)cc4)cc3)cc2)cc1. The van der Waals surface area contributed by atoms with Crippen molar-refractivity contribution in [1.82, 2.24) is 0 Å². The first-order chi connectivity index (χ1) is 26.4. The van der Waals surface area contributed by atoms with Crippen LogP contribution in [0.5, 0.6) is 23.0 Å². The molecule has 0 aromatic heterocycles. The molecule has 0 spiro atoms. The zero-order valence-corrected chi connectivity index (χ0v) is 35.2. The van der Waals surface area contributed by atoms with Crippen molar-refractivity contribution in [3.63, 3.8) is 0 Å². The Morgan fingerprint density at radius 3 is 1.11 bits per heavy atom. The van der Waals surface area contributed by atoms with E-state index in [0.29, 0.717) is 13.2 Å². The van der Waals surface area contributed by atoms with Gasteiger partial charge in [-0.15, -0.1) is 13.2 Å². The molecule has 4 heteroatoms. The predicted molar refractivity (Wildman–Crippen MR) is 232 cm³/mol. The first-order valence-electron chi connectivity index (χ1n) is 20.7. The van der Waals surface area contributed by atoms with Gasteiger partial charge in [-0.2, -0.15) is 0 Å². The lowest BCUT2D eigenvalue weighted by Crippen LogP contribution is -2.35. The molecule has 55 heavy (non-hydrogen) atoms. The summed E-state index contributed by atoms with van der Waals surface area (Å²) in [4.78, 5) is 0. The molecule has 4 rings (SSSR count). The van der Waals surface area contributed by atoms with E-state index in [1.54, 1.807) is 0 Å². The minimum absolute atomic E-state index is 0.149. The van der Waals surface area contributed by atoms with Crippen molar-refractivity contribution < 1.29 is 18.9 Å². The van der Waals surface area contributed by atoms with Crippen LogP contribution < -0.4 is 18.9 Å². The third-order valence-corrected chi connectivity index (χ3v) is 12.0. The van der Waals surface area contributed by atoms with E-state index >= 15 is 0 Å². The lowest BCUT2D eigenvalue weighted by molar-refractivity contribution is 0.0450. The second kappa shape index (κ2) is 19.9. The molecule has 0 saturated heterocycles.